The van der Waals surface area contributed by atoms with Crippen molar-refractivity contribution in [2.45, 2.75) is 26.2 Å². The van der Waals surface area contributed by atoms with E-state index < -0.39 is 0 Å². The fourth-order valence-corrected chi connectivity index (χ4v) is 2.47. The summed E-state index contributed by atoms with van der Waals surface area (Å²) in [6.07, 6.45) is 0. The van der Waals surface area contributed by atoms with Crippen LogP contribution in [-0.4, -0.2) is 10.1 Å². The standard InChI is InChI=1S/C18H18ClN3O/c1-18(2,3)12-6-4-11(5-7-12)16-21-17(23-22-16)14-10-13(20)8-9-15(14)19/h4-10H,20H2,1-3H3. The van der Waals surface area contributed by atoms with E-state index in [1.54, 1.807) is 18.2 Å². The first-order valence-electron chi connectivity index (χ1n) is 7.34. The zero-order chi connectivity index (χ0) is 16.6. The molecule has 0 aliphatic heterocycles. The third-order valence-electron chi connectivity index (χ3n) is 3.66. The van der Waals surface area contributed by atoms with E-state index in [2.05, 4.69) is 43.0 Å². The highest BCUT2D eigenvalue weighted by atomic mass is 35.5. The van der Waals surface area contributed by atoms with Crippen molar-refractivity contribution in [2.24, 2.45) is 0 Å². The molecule has 0 aliphatic carbocycles. The van der Waals surface area contributed by atoms with Gasteiger partial charge in [0.15, 0.2) is 0 Å². The molecule has 0 aliphatic rings. The molecule has 0 saturated carbocycles. The van der Waals surface area contributed by atoms with Gasteiger partial charge in [0.2, 0.25) is 5.82 Å². The van der Waals surface area contributed by atoms with E-state index in [1.807, 2.05) is 12.1 Å². The Morgan fingerprint density at radius 1 is 1.04 bits per heavy atom. The summed E-state index contributed by atoms with van der Waals surface area (Å²) < 4.78 is 5.34. The van der Waals surface area contributed by atoms with Crippen molar-refractivity contribution in [3.05, 3.63) is 53.1 Å². The first kappa shape index (κ1) is 15.6. The van der Waals surface area contributed by atoms with Crippen LogP contribution in [0.4, 0.5) is 5.69 Å². The van der Waals surface area contributed by atoms with E-state index in [0.717, 1.165) is 5.56 Å². The van der Waals surface area contributed by atoms with Crippen molar-refractivity contribution in [2.75, 3.05) is 5.73 Å². The van der Waals surface area contributed by atoms with Crippen molar-refractivity contribution in [3.8, 4) is 22.8 Å². The molecule has 5 heteroatoms. The Bertz CT molecular complexity index is 832. The Balaban J connectivity index is 1.94. The predicted octanol–water partition coefficient (Wildman–Crippen LogP) is 4.94. The van der Waals surface area contributed by atoms with Crippen LogP contribution < -0.4 is 5.73 Å². The van der Waals surface area contributed by atoms with E-state index >= 15 is 0 Å². The summed E-state index contributed by atoms with van der Waals surface area (Å²) in [5, 5.41) is 4.57. The first-order valence-corrected chi connectivity index (χ1v) is 7.72. The number of nitrogens with zero attached hydrogens (tertiary/aromatic N) is 2. The molecular weight excluding hydrogens is 310 g/mol. The number of nitrogens with two attached hydrogens (primary N) is 1. The normalized spacial score (nSPS) is 11.7. The molecule has 0 radical (unpaired) electrons. The van der Waals surface area contributed by atoms with Crippen LogP contribution >= 0.6 is 11.6 Å². The quantitative estimate of drug-likeness (QED) is 0.677. The lowest BCUT2D eigenvalue weighted by molar-refractivity contribution is 0.432. The number of hydrogen-bond donors (Lipinski definition) is 1. The molecule has 23 heavy (non-hydrogen) atoms. The van der Waals surface area contributed by atoms with Crippen LogP contribution in [0.15, 0.2) is 47.0 Å². The Labute approximate surface area is 140 Å². The van der Waals surface area contributed by atoms with Crippen LogP contribution in [0.1, 0.15) is 26.3 Å². The number of rotatable bonds is 2. The monoisotopic (exact) mass is 327 g/mol. The fourth-order valence-electron chi connectivity index (χ4n) is 2.28. The lowest BCUT2D eigenvalue weighted by atomic mass is 9.87. The summed E-state index contributed by atoms with van der Waals surface area (Å²) in [4.78, 5) is 4.43. The van der Waals surface area contributed by atoms with E-state index in [4.69, 9.17) is 21.9 Å². The van der Waals surface area contributed by atoms with E-state index in [9.17, 15) is 0 Å². The minimum atomic E-state index is 0.107. The number of nitrogen functional groups attached to an aromatic ring is 1. The van der Waals surface area contributed by atoms with E-state index in [1.165, 1.54) is 5.56 Å². The molecule has 3 rings (SSSR count). The third kappa shape index (κ3) is 3.22. The zero-order valence-corrected chi connectivity index (χ0v) is 14.1. The maximum absolute atomic E-state index is 6.17. The van der Waals surface area contributed by atoms with Gasteiger partial charge in [-0.15, -0.1) is 0 Å². The van der Waals surface area contributed by atoms with Crippen molar-refractivity contribution < 1.29 is 4.52 Å². The van der Waals surface area contributed by atoms with Crippen molar-refractivity contribution in [3.63, 3.8) is 0 Å². The van der Waals surface area contributed by atoms with Gasteiger partial charge in [0.25, 0.3) is 5.89 Å². The molecule has 0 unspecified atom stereocenters. The highest BCUT2D eigenvalue weighted by molar-refractivity contribution is 6.33. The highest BCUT2D eigenvalue weighted by Gasteiger charge is 2.16. The summed E-state index contributed by atoms with van der Waals surface area (Å²) in [6.45, 7) is 6.53. The lowest BCUT2D eigenvalue weighted by Gasteiger charge is -2.18. The second kappa shape index (κ2) is 5.70. The molecule has 4 nitrogen and oxygen atoms in total. The number of aromatic nitrogens is 2. The van der Waals surface area contributed by atoms with Gasteiger partial charge in [-0.1, -0.05) is 61.8 Å². The summed E-state index contributed by atoms with van der Waals surface area (Å²) >= 11 is 6.17. The summed E-state index contributed by atoms with van der Waals surface area (Å²) in [5.74, 6) is 0.885. The molecule has 3 aromatic rings. The van der Waals surface area contributed by atoms with Crippen LogP contribution in [0, 0.1) is 0 Å². The molecule has 0 bridgehead atoms. The third-order valence-corrected chi connectivity index (χ3v) is 3.99. The first-order chi connectivity index (χ1) is 10.8. The van der Waals surface area contributed by atoms with Crippen LogP contribution in [0.25, 0.3) is 22.8 Å². The molecule has 2 aromatic carbocycles. The van der Waals surface area contributed by atoms with Crippen LogP contribution in [0.2, 0.25) is 5.02 Å². The van der Waals surface area contributed by atoms with Crippen LogP contribution in [0.5, 0.6) is 0 Å². The minimum absolute atomic E-state index is 0.107. The average molecular weight is 328 g/mol. The molecule has 2 N–H and O–H groups in total. The molecule has 1 aromatic heterocycles. The Morgan fingerprint density at radius 3 is 2.39 bits per heavy atom. The maximum atomic E-state index is 6.17. The van der Waals surface area contributed by atoms with Gasteiger partial charge in [-0.3, -0.25) is 0 Å². The second-order valence-electron chi connectivity index (χ2n) is 6.49. The molecule has 1 heterocycles. The minimum Gasteiger partial charge on any atom is -0.399 e. The number of benzene rings is 2. The van der Waals surface area contributed by atoms with Gasteiger partial charge < -0.3 is 10.3 Å². The fraction of sp³-hybridized carbons (Fsp3) is 0.222. The molecule has 0 fully saturated rings. The van der Waals surface area contributed by atoms with Gasteiger partial charge in [0.1, 0.15) is 0 Å². The van der Waals surface area contributed by atoms with Gasteiger partial charge in [0, 0.05) is 11.3 Å². The predicted molar refractivity (Wildman–Crippen MR) is 93.3 cm³/mol. The molecule has 0 saturated heterocycles. The summed E-state index contributed by atoms with van der Waals surface area (Å²) in [6, 6.07) is 13.3. The van der Waals surface area contributed by atoms with Gasteiger partial charge in [-0.25, -0.2) is 0 Å². The molecular formula is C18H18ClN3O. The van der Waals surface area contributed by atoms with E-state index in [0.29, 0.717) is 28.0 Å². The molecule has 0 atom stereocenters. The van der Waals surface area contributed by atoms with Crippen LogP contribution in [0.3, 0.4) is 0 Å². The number of anilines is 1. The zero-order valence-electron chi connectivity index (χ0n) is 13.3. The van der Waals surface area contributed by atoms with Gasteiger partial charge in [0.05, 0.1) is 10.6 Å². The SMILES string of the molecule is CC(C)(C)c1ccc(-c2noc(-c3cc(N)ccc3Cl)n2)cc1. The Hall–Kier alpha value is -2.33. The highest BCUT2D eigenvalue weighted by Crippen LogP contribution is 2.30. The van der Waals surface area contributed by atoms with Gasteiger partial charge in [-0.05, 0) is 29.2 Å². The second-order valence-corrected chi connectivity index (χ2v) is 6.90. The Morgan fingerprint density at radius 2 is 1.74 bits per heavy atom. The average Bonchev–Trinajstić information content (AvgIpc) is 2.99. The summed E-state index contributed by atoms with van der Waals surface area (Å²) in [5.41, 5.74) is 9.28. The molecule has 118 valence electrons. The molecule has 0 spiro atoms. The van der Waals surface area contributed by atoms with Gasteiger partial charge >= 0.3 is 0 Å². The van der Waals surface area contributed by atoms with E-state index in [-0.39, 0.29) is 5.41 Å². The van der Waals surface area contributed by atoms with Crippen molar-refractivity contribution >= 4 is 17.3 Å². The Kier molecular flexibility index (Phi) is 3.86. The largest absolute Gasteiger partial charge is 0.399 e. The lowest BCUT2D eigenvalue weighted by Crippen LogP contribution is -2.10. The smallest absolute Gasteiger partial charge is 0.259 e. The molecule has 0 amide bonds. The number of halogens is 1. The summed E-state index contributed by atoms with van der Waals surface area (Å²) in [7, 11) is 0. The van der Waals surface area contributed by atoms with Crippen LogP contribution in [-0.2, 0) is 5.41 Å². The number of hydrogen-bond acceptors (Lipinski definition) is 4. The van der Waals surface area contributed by atoms with Crippen molar-refractivity contribution in [1.29, 1.82) is 0 Å². The van der Waals surface area contributed by atoms with Crippen molar-refractivity contribution in [1.82, 2.24) is 10.1 Å². The van der Waals surface area contributed by atoms with Gasteiger partial charge in [-0.2, -0.15) is 4.98 Å². The maximum Gasteiger partial charge on any atom is 0.259 e. The topological polar surface area (TPSA) is 64.9 Å².